The molecule has 1 aromatic carbocycles. The topological polar surface area (TPSA) is 53.0 Å². The van der Waals surface area contributed by atoms with Crippen LogP contribution < -0.4 is 4.74 Å². The first-order chi connectivity index (χ1) is 12.2. The van der Waals surface area contributed by atoms with E-state index in [1.807, 2.05) is 29.2 Å². The number of ether oxygens (including phenoxy) is 1. The van der Waals surface area contributed by atoms with Gasteiger partial charge in [-0.2, -0.15) is 0 Å². The Labute approximate surface area is 149 Å². The number of rotatable bonds is 5. The first kappa shape index (κ1) is 16.9. The minimum atomic E-state index is -0.189. The summed E-state index contributed by atoms with van der Waals surface area (Å²) < 4.78 is 5.74. The largest absolute Gasteiger partial charge is 0.493 e. The van der Waals surface area contributed by atoms with Crippen molar-refractivity contribution in [3.05, 3.63) is 29.8 Å². The first-order valence-electron chi connectivity index (χ1n) is 9.65. The maximum atomic E-state index is 12.7. The highest BCUT2D eigenvalue weighted by Gasteiger charge is 2.33. The molecule has 25 heavy (non-hydrogen) atoms. The van der Waals surface area contributed by atoms with E-state index in [-0.39, 0.29) is 12.0 Å². The van der Waals surface area contributed by atoms with Gasteiger partial charge in [0.2, 0.25) is 0 Å². The predicted molar refractivity (Wildman–Crippen MR) is 95.8 cm³/mol. The Balaban J connectivity index is 1.29. The molecule has 1 N–H and O–H groups in total. The molecule has 136 valence electrons. The lowest BCUT2D eigenvalue weighted by Crippen LogP contribution is -2.53. The van der Waals surface area contributed by atoms with E-state index in [2.05, 4.69) is 4.90 Å². The van der Waals surface area contributed by atoms with E-state index in [1.54, 1.807) is 0 Å². The van der Waals surface area contributed by atoms with Crippen LogP contribution in [0, 0.1) is 5.92 Å². The van der Waals surface area contributed by atoms with E-state index >= 15 is 0 Å². The van der Waals surface area contributed by atoms with Crippen LogP contribution in [0.4, 0.5) is 0 Å². The molecular weight excluding hydrogens is 316 g/mol. The van der Waals surface area contributed by atoms with E-state index in [1.165, 1.54) is 12.8 Å². The molecule has 1 amide bonds. The third kappa shape index (κ3) is 3.98. The van der Waals surface area contributed by atoms with Crippen molar-refractivity contribution in [1.29, 1.82) is 0 Å². The van der Waals surface area contributed by atoms with Gasteiger partial charge in [-0.05, 0) is 62.3 Å². The fourth-order valence-corrected chi connectivity index (χ4v) is 3.98. The molecule has 0 unspecified atom stereocenters. The molecule has 5 nitrogen and oxygen atoms in total. The highest BCUT2D eigenvalue weighted by molar-refractivity contribution is 5.94. The van der Waals surface area contributed by atoms with Gasteiger partial charge >= 0.3 is 0 Å². The van der Waals surface area contributed by atoms with Gasteiger partial charge in [-0.15, -0.1) is 0 Å². The number of aliphatic hydroxyl groups is 1. The van der Waals surface area contributed by atoms with Crippen molar-refractivity contribution >= 4 is 5.91 Å². The number of piperazine rings is 1. The summed E-state index contributed by atoms with van der Waals surface area (Å²) in [6.07, 6.45) is 5.47. The van der Waals surface area contributed by atoms with E-state index < -0.39 is 0 Å². The molecule has 1 saturated heterocycles. The molecule has 0 bridgehead atoms. The van der Waals surface area contributed by atoms with Crippen LogP contribution in [-0.2, 0) is 0 Å². The van der Waals surface area contributed by atoms with Gasteiger partial charge in [0, 0.05) is 37.8 Å². The number of nitrogens with zero attached hydrogens (tertiary/aromatic N) is 2. The average molecular weight is 344 g/mol. The number of hydrogen-bond acceptors (Lipinski definition) is 4. The van der Waals surface area contributed by atoms with Gasteiger partial charge in [0.25, 0.3) is 5.91 Å². The van der Waals surface area contributed by atoms with Crippen LogP contribution in [0.1, 0.15) is 42.5 Å². The number of hydrogen-bond donors (Lipinski definition) is 1. The second-order valence-corrected chi connectivity index (χ2v) is 7.67. The Morgan fingerprint density at radius 3 is 2.36 bits per heavy atom. The summed E-state index contributed by atoms with van der Waals surface area (Å²) in [5.74, 6) is 1.68. The third-order valence-electron chi connectivity index (χ3n) is 5.80. The van der Waals surface area contributed by atoms with Crippen molar-refractivity contribution in [2.75, 3.05) is 32.8 Å². The molecule has 1 heterocycles. The summed E-state index contributed by atoms with van der Waals surface area (Å²) >= 11 is 0. The second kappa shape index (κ2) is 7.34. The summed E-state index contributed by atoms with van der Waals surface area (Å²) in [6, 6.07) is 7.84. The monoisotopic (exact) mass is 344 g/mol. The van der Waals surface area contributed by atoms with Gasteiger partial charge in [-0.25, -0.2) is 0 Å². The van der Waals surface area contributed by atoms with Crippen molar-refractivity contribution in [3.63, 3.8) is 0 Å². The second-order valence-electron chi connectivity index (χ2n) is 7.67. The zero-order valence-electron chi connectivity index (χ0n) is 14.8. The molecule has 1 aliphatic heterocycles. The Bertz CT molecular complexity index is 591. The Kier molecular flexibility index (Phi) is 4.95. The van der Waals surface area contributed by atoms with Gasteiger partial charge in [-0.3, -0.25) is 9.69 Å². The number of amides is 1. The SMILES string of the molecule is O=C(c1ccc(OCC2CC2)cc1)N1CCN([C@@H]2CCC[C@@H]2O)CC1. The molecule has 2 saturated carbocycles. The highest BCUT2D eigenvalue weighted by Crippen LogP contribution is 2.29. The minimum Gasteiger partial charge on any atom is -0.493 e. The van der Waals surface area contributed by atoms with Gasteiger partial charge in [0.15, 0.2) is 0 Å². The molecular formula is C20H28N2O3. The van der Waals surface area contributed by atoms with Crippen LogP contribution in [0.3, 0.4) is 0 Å². The summed E-state index contributed by atoms with van der Waals surface area (Å²) in [6.45, 7) is 3.98. The van der Waals surface area contributed by atoms with Gasteiger partial charge in [-0.1, -0.05) is 0 Å². The number of carbonyl (C=O) groups is 1. The zero-order chi connectivity index (χ0) is 17.2. The molecule has 4 rings (SSSR count). The number of benzene rings is 1. The average Bonchev–Trinajstić information content (AvgIpc) is 3.39. The molecule has 0 spiro atoms. The summed E-state index contributed by atoms with van der Waals surface area (Å²) in [5, 5.41) is 10.1. The molecule has 1 aromatic rings. The van der Waals surface area contributed by atoms with Crippen LogP contribution in [0.2, 0.25) is 0 Å². The van der Waals surface area contributed by atoms with Crippen LogP contribution in [-0.4, -0.2) is 65.7 Å². The summed E-state index contributed by atoms with van der Waals surface area (Å²) in [7, 11) is 0. The quantitative estimate of drug-likeness (QED) is 0.889. The lowest BCUT2D eigenvalue weighted by molar-refractivity contribution is 0.0315. The highest BCUT2D eigenvalue weighted by atomic mass is 16.5. The van der Waals surface area contributed by atoms with Gasteiger partial charge in [0.1, 0.15) is 5.75 Å². The molecule has 2 aliphatic carbocycles. The van der Waals surface area contributed by atoms with E-state index in [0.717, 1.165) is 69.3 Å². The van der Waals surface area contributed by atoms with Crippen LogP contribution in [0.25, 0.3) is 0 Å². The van der Waals surface area contributed by atoms with Crippen LogP contribution in [0.15, 0.2) is 24.3 Å². The fourth-order valence-electron chi connectivity index (χ4n) is 3.98. The summed E-state index contributed by atoms with van der Waals surface area (Å²) in [5.41, 5.74) is 0.730. The number of aliphatic hydroxyl groups excluding tert-OH is 1. The van der Waals surface area contributed by atoms with Gasteiger partial charge in [0.05, 0.1) is 12.7 Å². The van der Waals surface area contributed by atoms with Crippen LogP contribution in [0.5, 0.6) is 5.75 Å². The van der Waals surface area contributed by atoms with Gasteiger partial charge < -0.3 is 14.7 Å². The Morgan fingerprint density at radius 1 is 1.04 bits per heavy atom. The first-order valence-corrected chi connectivity index (χ1v) is 9.65. The smallest absolute Gasteiger partial charge is 0.253 e. The summed E-state index contributed by atoms with van der Waals surface area (Å²) in [4.78, 5) is 17.0. The Morgan fingerprint density at radius 2 is 1.76 bits per heavy atom. The maximum absolute atomic E-state index is 12.7. The normalized spacial score (nSPS) is 27.5. The molecule has 0 aromatic heterocycles. The third-order valence-corrected chi connectivity index (χ3v) is 5.80. The minimum absolute atomic E-state index is 0.0976. The zero-order valence-corrected chi connectivity index (χ0v) is 14.8. The standard InChI is InChI=1S/C20H28N2O3/c23-19-3-1-2-18(19)21-10-12-22(13-11-21)20(24)16-6-8-17(9-7-16)25-14-15-4-5-15/h6-9,15,18-19,23H,1-5,10-14H2/t18-,19+/m1/s1. The predicted octanol–water partition coefficient (Wildman–Crippen LogP) is 2.15. The molecule has 0 radical (unpaired) electrons. The van der Waals surface area contributed by atoms with E-state index in [9.17, 15) is 9.90 Å². The maximum Gasteiger partial charge on any atom is 0.253 e. The Hall–Kier alpha value is -1.59. The molecule has 2 atom stereocenters. The van der Waals surface area contributed by atoms with Crippen molar-refractivity contribution in [2.24, 2.45) is 5.92 Å². The fraction of sp³-hybridized carbons (Fsp3) is 0.650. The van der Waals surface area contributed by atoms with E-state index in [0.29, 0.717) is 6.04 Å². The van der Waals surface area contributed by atoms with Crippen molar-refractivity contribution in [2.45, 2.75) is 44.2 Å². The molecule has 3 aliphatic rings. The number of carbonyl (C=O) groups excluding carboxylic acids is 1. The molecule has 5 heteroatoms. The lowest BCUT2D eigenvalue weighted by Gasteiger charge is -2.39. The molecule has 3 fully saturated rings. The van der Waals surface area contributed by atoms with Crippen LogP contribution >= 0.6 is 0 Å². The van der Waals surface area contributed by atoms with E-state index in [4.69, 9.17) is 4.74 Å². The lowest BCUT2D eigenvalue weighted by atomic mass is 10.1. The van der Waals surface area contributed by atoms with Crippen molar-refractivity contribution < 1.29 is 14.6 Å². The van der Waals surface area contributed by atoms with Crippen molar-refractivity contribution in [3.8, 4) is 5.75 Å². The van der Waals surface area contributed by atoms with Crippen molar-refractivity contribution in [1.82, 2.24) is 9.80 Å².